The number of ketones is 1. The van der Waals surface area contributed by atoms with Crippen LogP contribution in [0.2, 0.25) is 0 Å². The number of hydrogen-bond donors (Lipinski definition) is 1. The van der Waals surface area contributed by atoms with Crippen LogP contribution < -0.4 is 5.32 Å². The van der Waals surface area contributed by atoms with Crippen LogP contribution in [0.25, 0.3) is 21.5 Å². The molecule has 28 heavy (non-hydrogen) atoms. The molecule has 0 bridgehead atoms. The Kier molecular flexibility index (Phi) is 5.41. The number of nitrogens with zero attached hydrogens (tertiary/aromatic N) is 4. The van der Waals surface area contributed by atoms with E-state index >= 15 is 0 Å². The molecule has 1 unspecified atom stereocenters. The first-order valence-electron chi connectivity index (χ1n) is 9.43. The molecule has 3 aromatic rings. The van der Waals surface area contributed by atoms with Crippen molar-refractivity contribution in [2.75, 3.05) is 7.05 Å². The Hall–Kier alpha value is -2.32. The molecule has 1 fully saturated rings. The van der Waals surface area contributed by atoms with Crippen LogP contribution in [-0.4, -0.2) is 45.2 Å². The topological polar surface area (TPSA) is 80.7 Å². The molecule has 0 aliphatic heterocycles. The van der Waals surface area contributed by atoms with Gasteiger partial charge >= 0.3 is 0 Å². The molecule has 2 heterocycles. The Morgan fingerprint density at radius 3 is 2.89 bits per heavy atom. The number of nitrogens with one attached hydrogen (secondary N) is 1. The van der Waals surface area contributed by atoms with Crippen molar-refractivity contribution < 1.29 is 9.18 Å². The number of aryl methyl sites for hydroxylation is 1. The zero-order valence-electron chi connectivity index (χ0n) is 15.9. The van der Waals surface area contributed by atoms with Crippen LogP contribution in [0.1, 0.15) is 30.1 Å². The number of benzene rings is 1. The molecular weight excluding hydrogens is 377 g/mol. The third-order valence-electron chi connectivity index (χ3n) is 5.34. The summed E-state index contributed by atoms with van der Waals surface area (Å²) in [4.78, 5) is 21.6. The van der Waals surface area contributed by atoms with E-state index in [-0.39, 0.29) is 30.6 Å². The fourth-order valence-corrected chi connectivity index (χ4v) is 4.41. The van der Waals surface area contributed by atoms with E-state index in [0.29, 0.717) is 18.7 Å². The van der Waals surface area contributed by atoms with Crippen LogP contribution in [-0.2, 0) is 11.2 Å². The van der Waals surface area contributed by atoms with E-state index in [9.17, 15) is 9.18 Å². The lowest BCUT2D eigenvalue weighted by Gasteiger charge is -2.30. The van der Waals surface area contributed by atoms with Gasteiger partial charge in [-0.15, -0.1) is 10.2 Å². The quantitative estimate of drug-likeness (QED) is 0.709. The summed E-state index contributed by atoms with van der Waals surface area (Å²) in [6, 6.07) is 5.71. The maximum atomic E-state index is 14.2. The fourth-order valence-electron chi connectivity index (χ4n) is 3.73. The van der Waals surface area contributed by atoms with Gasteiger partial charge in [0.2, 0.25) is 0 Å². The van der Waals surface area contributed by atoms with Gasteiger partial charge in [-0.3, -0.25) is 4.79 Å². The van der Waals surface area contributed by atoms with Crippen LogP contribution >= 0.6 is 11.3 Å². The first-order chi connectivity index (χ1) is 13.5. The maximum absolute atomic E-state index is 14.2. The van der Waals surface area contributed by atoms with Crippen molar-refractivity contribution in [1.82, 2.24) is 25.5 Å². The highest BCUT2D eigenvalue weighted by Gasteiger charge is 2.33. The molecular formula is C20H22FN5OS. The lowest BCUT2D eigenvalue weighted by molar-refractivity contribution is -0.124. The van der Waals surface area contributed by atoms with Crippen LogP contribution in [0.4, 0.5) is 4.39 Å². The maximum Gasteiger partial charge on any atom is 0.147 e. The van der Waals surface area contributed by atoms with Gasteiger partial charge in [0.25, 0.3) is 0 Å². The van der Waals surface area contributed by atoms with Gasteiger partial charge in [0.1, 0.15) is 27.8 Å². The highest BCUT2D eigenvalue weighted by atomic mass is 32.1. The summed E-state index contributed by atoms with van der Waals surface area (Å²) in [5.74, 6) is 0.247. The highest BCUT2D eigenvalue weighted by Crippen LogP contribution is 2.29. The average molecular weight is 399 g/mol. The van der Waals surface area contributed by atoms with Gasteiger partial charge in [-0.25, -0.2) is 14.4 Å². The standard InChI is InChI=1S/C20H22FN5OS/c1-11-25-26-20(28-11)13-3-4-14-10-23-19(24-17(14)8-13)9-18(27)12-5-6-16(22-2)15(21)7-12/h3-4,8,10,12,15-16,22H,5-7,9H2,1-2H3/t12?,15-,16-/m0/s1. The van der Waals surface area contributed by atoms with E-state index in [1.54, 1.807) is 13.2 Å². The van der Waals surface area contributed by atoms with Crippen molar-refractivity contribution in [2.45, 2.75) is 44.8 Å². The van der Waals surface area contributed by atoms with Crippen molar-refractivity contribution in [3.63, 3.8) is 0 Å². The van der Waals surface area contributed by atoms with Gasteiger partial charge in [-0.05, 0) is 39.3 Å². The number of aromatic nitrogens is 4. The minimum Gasteiger partial charge on any atom is -0.314 e. The van der Waals surface area contributed by atoms with Crippen molar-refractivity contribution in [1.29, 1.82) is 0 Å². The van der Waals surface area contributed by atoms with E-state index in [1.807, 2.05) is 25.1 Å². The van der Waals surface area contributed by atoms with E-state index in [0.717, 1.165) is 26.5 Å². The second kappa shape index (κ2) is 7.97. The van der Waals surface area contributed by atoms with Gasteiger partial charge in [-0.2, -0.15) is 0 Å². The molecule has 1 saturated carbocycles. The molecule has 4 rings (SSSR count). The highest BCUT2D eigenvalue weighted by molar-refractivity contribution is 7.14. The molecule has 8 heteroatoms. The SMILES string of the molecule is CN[C@H]1CCC(C(=O)Cc2ncc3ccc(-c4nnc(C)s4)cc3n2)C[C@@H]1F. The molecule has 1 aliphatic carbocycles. The van der Waals surface area contributed by atoms with Crippen molar-refractivity contribution in [3.8, 4) is 10.6 Å². The lowest BCUT2D eigenvalue weighted by Crippen LogP contribution is -2.42. The molecule has 6 nitrogen and oxygen atoms in total. The number of alkyl halides is 1. The number of halogens is 1. The molecule has 0 radical (unpaired) electrons. The summed E-state index contributed by atoms with van der Waals surface area (Å²) >= 11 is 1.52. The van der Waals surface area contributed by atoms with Crippen LogP contribution in [0.3, 0.4) is 0 Å². The van der Waals surface area contributed by atoms with Crippen molar-refractivity contribution >= 4 is 28.0 Å². The summed E-state index contributed by atoms with van der Waals surface area (Å²) in [6.07, 6.45) is 2.55. The van der Waals surface area contributed by atoms with Crippen molar-refractivity contribution in [2.24, 2.45) is 5.92 Å². The van der Waals surface area contributed by atoms with E-state index in [1.165, 1.54) is 11.3 Å². The third kappa shape index (κ3) is 3.93. The Morgan fingerprint density at radius 2 is 2.18 bits per heavy atom. The van der Waals surface area contributed by atoms with Crippen LogP contribution in [0.15, 0.2) is 24.4 Å². The number of fused-ring (bicyclic) bond motifs is 1. The molecule has 0 spiro atoms. The molecule has 0 saturated heterocycles. The van der Waals surface area contributed by atoms with Crippen LogP contribution in [0.5, 0.6) is 0 Å². The Morgan fingerprint density at radius 1 is 1.32 bits per heavy atom. The molecule has 146 valence electrons. The smallest absolute Gasteiger partial charge is 0.147 e. The fraction of sp³-hybridized carbons (Fsp3) is 0.450. The predicted octanol–water partition coefficient (Wildman–Crippen LogP) is 3.29. The monoisotopic (exact) mass is 399 g/mol. The Balaban J connectivity index is 1.51. The second-order valence-corrected chi connectivity index (χ2v) is 8.43. The average Bonchev–Trinajstić information content (AvgIpc) is 3.13. The first kappa shape index (κ1) is 19.0. The molecule has 2 aromatic heterocycles. The number of carbonyl (C=O) groups is 1. The zero-order valence-corrected chi connectivity index (χ0v) is 16.7. The number of hydrogen-bond acceptors (Lipinski definition) is 7. The molecule has 0 amide bonds. The van der Waals surface area contributed by atoms with Crippen LogP contribution in [0, 0.1) is 12.8 Å². The largest absolute Gasteiger partial charge is 0.314 e. The predicted molar refractivity (Wildman–Crippen MR) is 107 cm³/mol. The molecule has 3 atom stereocenters. The lowest BCUT2D eigenvalue weighted by atomic mass is 9.81. The number of Topliss-reactive ketones (excluding diaryl/α,β-unsaturated/α-hetero) is 1. The van der Waals surface area contributed by atoms with Gasteiger partial charge in [0.05, 0.1) is 11.9 Å². The van der Waals surface area contributed by atoms with Gasteiger partial charge in [0.15, 0.2) is 0 Å². The number of rotatable bonds is 5. The summed E-state index contributed by atoms with van der Waals surface area (Å²) in [7, 11) is 1.76. The summed E-state index contributed by atoms with van der Waals surface area (Å²) in [6.45, 7) is 1.92. The molecule has 1 aliphatic rings. The molecule has 1 aromatic carbocycles. The van der Waals surface area contributed by atoms with E-state index < -0.39 is 6.17 Å². The normalized spacial score (nSPS) is 22.5. The Labute approximate surface area is 166 Å². The van der Waals surface area contributed by atoms with Gasteiger partial charge in [-0.1, -0.05) is 23.5 Å². The van der Waals surface area contributed by atoms with E-state index in [4.69, 9.17) is 0 Å². The molecule has 1 N–H and O–H groups in total. The third-order valence-corrected chi connectivity index (χ3v) is 6.22. The van der Waals surface area contributed by atoms with E-state index in [2.05, 4.69) is 25.5 Å². The first-order valence-corrected chi connectivity index (χ1v) is 10.3. The van der Waals surface area contributed by atoms with Crippen molar-refractivity contribution in [3.05, 3.63) is 35.2 Å². The van der Waals surface area contributed by atoms with Gasteiger partial charge in [0, 0.05) is 29.1 Å². The summed E-state index contributed by atoms with van der Waals surface area (Å²) in [5.41, 5.74) is 1.71. The van der Waals surface area contributed by atoms with Gasteiger partial charge < -0.3 is 5.32 Å². The minimum absolute atomic E-state index is 0.0208. The minimum atomic E-state index is -0.983. The zero-order chi connectivity index (χ0) is 19.7. The summed E-state index contributed by atoms with van der Waals surface area (Å²) < 4.78 is 14.2. The number of carbonyl (C=O) groups excluding carboxylic acids is 1. The summed E-state index contributed by atoms with van der Waals surface area (Å²) in [5, 5.41) is 13.9. The second-order valence-electron chi connectivity index (χ2n) is 7.25. The Bertz CT molecular complexity index is 1010.